The van der Waals surface area contributed by atoms with Gasteiger partial charge in [0.1, 0.15) is 0 Å². The molecule has 4 nitrogen and oxygen atoms in total. The van der Waals surface area contributed by atoms with E-state index in [9.17, 15) is 22.8 Å². The van der Waals surface area contributed by atoms with E-state index in [2.05, 4.69) is 0 Å². The Labute approximate surface area is 142 Å². The zero-order valence-electron chi connectivity index (χ0n) is 13.2. The number of hydrogen-bond donors (Lipinski definition) is 1. The van der Waals surface area contributed by atoms with Crippen LogP contribution in [-0.4, -0.2) is 41.1 Å². The molecule has 0 aliphatic carbocycles. The minimum absolute atomic E-state index is 0.137. The monoisotopic (exact) mass is 363 g/mol. The van der Waals surface area contributed by atoms with Gasteiger partial charge in [-0.25, -0.2) is 0 Å². The number of carboxylic acid groups (broad SMARTS) is 1. The van der Waals surface area contributed by atoms with Gasteiger partial charge in [-0.15, -0.1) is 0 Å². The number of halogens is 4. The Balaban J connectivity index is 2.26. The highest BCUT2D eigenvalue weighted by Crippen LogP contribution is 2.46. The molecule has 1 heterocycles. The molecule has 0 radical (unpaired) electrons. The van der Waals surface area contributed by atoms with Gasteiger partial charge in [0, 0.05) is 23.7 Å². The van der Waals surface area contributed by atoms with Gasteiger partial charge in [-0.2, -0.15) is 13.2 Å². The molecule has 0 saturated carbocycles. The van der Waals surface area contributed by atoms with Crippen LogP contribution in [-0.2, 0) is 4.79 Å². The summed E-state index contributed by atoms with van der Waals surface area (Å²) >= 11 is 6.11. The summed E-state index contributed by atoms with van der Waals surface area (Å²) < 4.78 is 39.5. The van der Waals surface area contributed by atoms with Gasteiger partial charge in [0.2, 0.25) is 0 Å². The molecule has 1 aromatic rings. The molecule has 1 amide bonds. The van der Waals surface area contributed by atoms with Crippen molar-refractivity contribution in [2.24, 2.45) is 5.41 Å². The molecule has 1 aliphatic heterocycles. The van der Waals surface area contributed by atoms with E-state index in [4.69, 9.17) is 16.7 Å². The lowest BCUT2D eigenvalue weighted by Gasteiger charge is -2.27. The maximum Gasteiger partial charge on any atom is 0.406 e. The number of carbonyl (C=O) groups excluding carboxylic acids is 1. The van der Waals surface area contributed by atoms with Crippen LogP contribution in [0.2, 0.25) is 5.02 Å². The average Bonchev–Trinajstić information content (AvgIpc) is 2.92. The van der Waals surface area contributed by atoms with Crippen LogP contribution in [0.3, 0.4) is 0 Å². The van der Waals surface area contributed by atoms with Crippen molar-refractivity contribution in [2.75, 3.05) is 13.1 Å². The van der Waals surface area contributed by atoms with E-state index in [1.165, 1.54) is 12.1 Å². The van der Waals surface area contributed by atoms with E-state index in [1.54, 1.807) is 6.07 Å². The molecule has 8 heteroatoms. The van der Waals surface area contributed by atoms with Crippen molar-refractivity contribution in [1.82, 2.24) is 4.90 Å². The molecule has 1 atom stereocenters. The van der Waals surface area contributed by atoms with Gasteiger partial charge in [0.05, 0.1) is 0 Å². The lowest BCUT2D eigenvalue weighted by Crippen LogP contribution is -2.47. The second kappa shape index (κ2) is 6.27. The molecular weight excluding hydrogens is 347 g/mol. The van der Waals surface area contributed by atoms with Gasteiger partial charge in [0.25, 0.3) is 5.91 Å². The number of nitrogens with zero attached hydrogens (tertiary/aromatic N) is 1. The van der Waals surface area contributed by atoms with Crippen molar-refractivity contribution >= 4 is 23.5 Å². The molecular formula is C16H17ClF3NO3. The highest BCUT2D eigenvalue weighted by molar-refractivity contribution is 6.31. The number of alkyl halides is 3. The van der Waals surface area contributed by atoms with E-state index >= 15 is 0 Å². The Morgan fingerprint density at radius 1 is 1.33 bits per heavy atom. The molecule has 1 aliphatic rings. The summed E-state index contributed by atoms with van der Waals surface area (Å²) in [6.45, 7) is 2.68. The first-order valence-electron chi connectivity index (χ1n) is 7.38. The third-order valence-corrected chi connectivity index (χ3v) is 4.71. The van der Waals surface area contributed by atoms with Crippen LogP contribution < -0.4 is 0 Å². The van der Waals surface area contributed by atoms with E-state index in [1.807, 2.05) is 13.8 Å². The quantitative estimate of drug-likeness (QED) is 0.884. The fourth-order valence-corrected chi connectivity index (χ4v) is 3.22. The predicted octanol–water partition coefficient (Wildman–Crippen LogP) is 3.94. The van der Waals surface area contributed by atoms with Gasteiger partial charge in [-0.3, -0.25) is 9.59 Å². The average molecular weight is 364 g/mol. The standard InChI is InChI=1S/C16H17ClF3NO3/c1-9(2)11-4-3-10(7-12(11)17)13(22)21-6-5-15(8-21,14(23)24)16(18,19)20/h3-4,7,9H,5-6,8H2,1-2H3,(H,23,24). The summed E-state index contributed by atoms with van der Waals surface area (Å²) in [6, 6.07) is 4.57. The Bertz CT molecular complexity index is 675. The maximum atomic E-state index is 13.2. The van der Waals surface area contributed by atoms with Crippen LogP contribution in [0.25, 0.3) is 0 Å². The molecule has 0 aromatic heterocycles. The summed E-state index contributed by atoms with van der Waals surface area (Å²) in [4.78, 5) is 24.5. The van der Waals surface area contributed by atoms with Crippen LogP contribution in [0.4, 0.5) is 13.2 Å². The second-order valence-corrected chi connectivity index (χ2v) is 6.66. The molecule has 0 spiro atoms. The van der Waals surface area contributed by atoms with Crippen molar-refractivity contribution < 1.29 is 27.9 Å². The minimum atomic E-state index is -4.92. The summed E-state index contributed by atoms with van der Waals surface area (Å²) in [6.07, 6.45) is -5.58. The van der Waals surface area contributed by atoms with Crippen LogP contribution in [0.1, 0.15) is 42.1 Å². The second-order valence-electron chi connectivity index (χ2n) is 6.25. The van der Waals surface area contributed by atoms with Crippen molar-refractivity contribution in [3.8, 4) is 0 Å². The van der Waals surface area contributed by atoms with Gasteiger partial charge in [-0.05, 0) is 30.0 Å². The van der Waals surface area contributed by atoms with Gasteiger partial charge in [-0.1, -0.05) is 31.5 Å². The van der Waals surface area contributed by atoms with Gasteiger partial charge in [0.15, 0.2) is 5.41 Å². The number of rotatable bonds is 3. The Hall–Kier alpha value is -1.76. The number of likely N-dealkylation sites (tertiary alicyclic amines) is 1. The summed E-state index contributed by atoms with van der Waals surface area (Å²) in [5.74, 6) is -2.48. The molecule has 1 N–H and O–H groups in total. The van der Waals surface area contributed by atoms with Crippen molar-refractivity contribution in [1.29, 1.82) is 0 Å². The van der Waals surface area contributed by atoms with E-state index < -0.39 is 36.4 Å². The minimum Gasteiger partial charge on any atom is -0.481 e. The third kappa shape index (κ3) is 3.09. The highest BCUT2D eigenvalue weighted by atomic mass is 35.5. The zero-order chi connectivity index (χ0) is 18.3. The summed E-state index contributed by atoms with van der Waals surface area (Å²) in [7, 11) is 0. The molecule has 0 bridgehead atoms. The number of carboxylic acids is 1. The Kier molecular flexibility index (Phi) is 4.86. The van der Waals surface area contributed by atoms with E-state index in [0.717, 1.165) is 10.5 Å². The summed E-state index contributed by atoms with van der Waals surface area (Å²) in [5, 5.41) is 9.39. The van der Waals surface area contributed by atoms with E-state index in [0.29, 0.717) is 5.02 Å². The first-order valence-corrected chi connectivity index (χ1v) is 7.76. The van der Waals surface area contributed by atoms with Crippen LogP contribution in [0.5, 0.6) is 0 Å². The summed E-state index contributed by atoms with van der Waals surface area (Å²) in [5.41, 5.74) is -1.94. The maximum absolute atomic E-state index is 13.2. The SMILES string of the molecule is CC(C)c1ccc(C(=O)N2CCC(C(=O)O)(C(F)(F)F)C2)cc1Cl. The van der Waals surface area contributed by atoms with Crippen molar-refractivity contribution in [2.45, 2.75) is 32.4 Å². The topological polar surface area (TPSA) is 57.6 Å². The Morgan fingerprint density at radius 3 is 2.38 bits per heavy atom. The molecule has 1 aromatic carbocycles. The lowest BCUT2D eigenvalue weighted by atomic mass is 9.86. The van der Waals surface area contributed by atoms with Gasteiger partial charge >= 0.3 is 12.1 Å². The van der Waals surface area contributed by atoms with Crippen molar-refractivity contribution in [3.63, 3.8) is 0 Å². The smallest absolute Gasteiger partial charge is 0.406 e. The zero-order valence-corrected chi connectivity index (χ0v) is 13.9. The molecule has 2 rings (SSSR count). The van der Waals surface area contributed by atoms with Gasteiger partial charge < -0.3 is 10.0 Å². The van der Waals surface area contributed by atoms with Crippen LogP contribution in [0, 0.1) is 5.41 Å². The fourth-order valence-electron chi connectivity index (χ4n) is 2.82. The molecule has 1 unspecified atom stereocenters. The number of aliphatic carboxylic acids is 1. The van der Waals surface area contributed by atoms with Crippen LogP contribution >= 0.6 is 11.6 Å². The molecule has 132 valence electrons. The first kappa shape index (κ1) is 18.6. The predicted molar refractivity (Wildman–Crippen MR) is 82.2 cm³/mol. The fraction of sp³-hybridized carbons (Fsp3) is 0.500. The molecule has 1 saturated heterocycles. The number of amides is 1. The lowest BCUT2D eigenvalue weighted by molar-refractivity contribution is -0.227. The first-order chi connectivity index (χ1) is 11.0. The third-order valence-electron chi connectivity index (χ3n) is 4.38. The van der Waals surface area contributed by atoms with Crippen LogP contribution in [0.15, 0.2) is 18.2 Å². The normalized spacial score (nSPS) is 21.4. The largest absolute Gasteiger partial charge is 0.481 e. The molecule has 24 heavy (non-hydrogen) atoms. The molecule has 1 fully saturated rings. The number of benzene rings is 1. The number of carbonyl (C=O) groups is 2. The number of hydrogen-bond acceptors (Lipinski definition) is 2. The van der Waals surface area contributed by atoms with Crippen molar-refractivity contribution in [3.05, 3.63) is 34.3 Å². The Morgan fingerprint density at radius 2 is 1.96 bits per heavy atom. The van der Waals surface area contributed by atoms with E-state index in [-0.39, 0.29) is 18.0 Å². The highest BCUT2D eigenvalue weighted by Gasteiger charge is 2.64.